The molecule has 20 heavy (non-hydrogen) atoms. The van der Waals surface area contributed by atoms with Gasteiger partial charge in [-0.25, -0.2) is 0 Å². The van der Waals surface area contributed by atoms with Crippen LogP contribution in [0, 0.1) is 11.3 Å². The second kappa shape index (κ2) is 6.44. The number of amides is 1. The predicted molar refractivity (Wildman–Crippen MR) is 82.7 cm³/mol. The summed E-state index contributed by atoms with van der Waals surface area (Å²) < 4.78 is 0. The molecule has 0 spiro atoms. The van der Waals surface area contributed by atoms with E-state index in [1.165, 1.54) is 6.42 Å². The molecule has 1 unspecified atom stereocenters. The molecule has 2 saturated heterocycles. The van der Waals surface area contributed by atoms with Gasteiger partial charge in [-0.05, 0) is 24.3 Å². The first-order valence-electron chi connectivity index (χ1n) is 8.12. The first-order chi connectivity index (χ1) is 9.40. The Morgan fingerprint density at radius 3 is 2.15 bits per heavy atom. The summed E-state index contributed by atoms with van der Waals surface area (Å²) >= 11 is 0. The normalized spacial score (nSPS) is 26.2. The van der Waals surface area contributed by atoms with E-state index in [1.54, 1.807) is 0 Å². The Morgan fingerprint density at radius 1 is 1.05 bits per heavy atom. The zero-order valence-corrected chi connectivity index (χ0v) is 13.7. The highest BCUT2D eigenvalue weighted by molar-refractivity contribution is 5.78. The van der Waals surface area contributed by atoms with Crippen molar-refractivity contribution in [3.63, 3.8) is 0 Å². The molecule has 2 aliphatic heterocycles. The number of carbonyl (C=O) groups excluding carboxylic acids is 1. The first-order valence-corrected chi connectivity index (χ1v) is 8.12. The summed E-state index contributed by atoms with van der Waals surface area (Å²) in [6.07, 6.45) is 1.17. The molecule has 0 aliphatic carbocycles. The van der Waals surface area contributed by atoms with Gasteiger partial charge in [0.2, 0.25) is 5.91 Å². The maximum absolute atomic E-state index is 12.4. The molecule has 0 N–H and O–H groups in total. The molecule has 1 atom stereocenters. The summed E-state index contributed by atoms with van der Waals surface area (Å²) in [6.45, 7) is 17.0. The number of piperazine rings is 1. The minimum absolute atomic E-state index is 0.321. The first kappa shape index (κ1) is 15.8. The third-order valence-corrected chi connectivity index (χ3v) is 5.04. The highest BCUT2D eigenvalue weighted by Gasteiger charge is 2.34. The van der Waals surface area contributed by atoms with E-state index in [1.807, 2.05) is 0 Å². The molecule has 1 amide bonds. The van der Waals surface area contributed by atoms with E-state index >= 15 is 0 Å². The van der Waals surface area contributed by atoms with Gasteiger partial charge in [-0.3, -0.25) is 9.69 Å². The van der Waals surface area contributed by atoms with E-state index in [0.717, 1.165) is 45.8 Å². The lowest BCUT2D eigenvalue weighted by Gasteiger charge is -2.34. The maximum Gasteiger partial charge on any atom is 0.236 e. The lowest BCUT2D eigenvalue weighted by atomic mass is 9.80. The fourth-order valence-electron chi connectivity index (χ4n) is 3.25. The van der Waals surface area contributed by atoms with Crippen LogP contribution in [0.25, 0.3) is 0 Å². The van der Waals surface area contributed by atoms with Crippen molar-refractivity contribution in [2.24, 2.45) is 11.3 Å². The van der Waals surface area contributed by atoms with E-state index in [0.29, 0.717) is 23.8 Å². The molecule has 0 radical (unpaired) electrons. The second-order valence-electron chi connectivity index (χ2n) is 7.40. The van der Waals surface area contributed by atoms with Crippen molar-refractivity contribution >= 4 is 5.91 Å². The molecule has 116 valence electrons. The van der Waals surface area contributed by atoms with Crippen molar-refractivity contribution in [1.82, 2.24) is 14.7 Å². The third-order valence-electron chi connectivity index (χ3n) is 5.04. The molecule has 2 fully saturated rings. The average molecular weight is 281 g/mol. The molecule has 4 nitrogen and oxygen atoms in total. The van der Waals surface area contributed by atoms with E-state index in [9.17, 15) is 4.79 Å². The predicted octanol–water partition coefficient (Wildman–Crippen LogP) is 1.52. The van der Waals surface area contributed by atoms with Crippen LogP contribution in [0.3, 0.4) is 0 Å². The molecule has 2 rings (SSSR count). The van der Waals surface area contributed by atoms with Crippen molar-refractivity contribution in [2.45, 2.75) is 34.1 Å². The fourth-order valence-corrected chi connectivity index (χ4v) is 3.25. The van der Waals surface area contributed by atoms with Gasteiger partial charge in [-0.1, -0.05) is 27.7 Å². The van der Waals surface area contributed by atoms with Crippen molar-refractivity contribution in [2.75, 3.05) is 52.4 Å². The van der Waals surface area contributed by atoms with Gasteiger partial charge in [0.15, 0.2) is 0 Å². The Bertz CT molecular complexity index is 329. The summed E-state index contributed by atoms with van der Waals surface area (Å²) in [5, 5.41) is 0. The van der Waals surface area contributed by atoms with Crippen molar-refractivity contribution in [3.05, 3.63) is 0 Å². The quantitative estimate of drug-likeness (QED) is 0.785. The van der Waals surface area contributed by atoms with Crippen LogP contribution in [0.5, 0.6) is 0 Å². The van der Waals surface area contributed by atoms with E-state index in [2.05, 4.69) is 42.4 Å². The summed E-state index contributed by atoms with van der Waals surface area (Å²) in [4.78, 5) is 19.3. The van der Waals surface area contributed by atoms with Gasteiger partial charge in [-0.2, -0.15) is 0 Å². The van der Waals surface area contributed by atoms with E-state index < -0.39 is 0 Å². The van der Waals surface area contributed by atoms with Crippen LogP contribution >= 0.6 is 0 Å². The lowest BCUT2D eigenvalue weighted by Crippen LogP contribution is -2.49. The Labute approximate surface area is 124 Å². The molecule has 0 aromatic rings. The molecule has 0 bridgehead atoms. The largest absolute Gasteiger partial charge is 0.341 e. The summed E-state index contributed by atoms with van der Waals surface area (Å²) in [5.74, 6) is 0.991. The summed E-state index contributed by atoms with van der Waals surface area (Å²) in [5.41, 5.74) is 0.321. The highest BCUT2D eigenvalue weighted by atomic mass is 16.2. The van der Waals surface area contributed by atoms with Gasteiger partial charge < -0.3 is 9.80 Å². The number of likely N-dealkylation sites (N-methyl/N-ethyl adjacent to an activating group) is 1. The smallest absolute Gasteiger partial charge is 0.236 e. The highest BCUT2D eigenvalue weighted by Crippen LogP contribution is 2.33. The molecule has 0 aromatic carbocycles. The van der Waals surface area contributed by atoms with Crippen LogP contribution < -0.4 is 0 Å². The number of hydrogen-bond acceptors (Lipinski definition) is 3. The Balaban J connectivity index is 1.76. The van der Waals surface area contributed by atoms with Crippen LogP contribution in [0.4, 0.5) is 0 Å². The van der Waals surface area contributed by atoms with Crippen LogP contribution in [-0.2, 0) is 4.79 Å². The second-order valence-corrected chi connectivity index (χ2v) is 7.40. The fraction of sp³-hybridized carbons (Fsp3) is 0.938. The summed E-state index contributed by atoms with van der Waals surface area (Å²) in [6, 6.07) is 0. The molecule has 2 aliphatic rings. The molecular weight excluding hydrogens is 250 g/mol. The van der Waals surface area contributed by atoms with Crippen LogP contribution in [0.1, 0.15) is 34.1 Å². The van der Waals surface area contributed by atoms with Crippen LogP contribution in [0.15, 0.2) is 0 Å². The SMILES string of the molecule is CCN1CCN(CC(=O)N2CCC(C(C)(C)C)C2)CC1. The molecule has 0 saturated carbocycles. The van der Waals surface area contributed by atoms with Gasteiger partial charge in [0.1, 0.15) is 0 Å². The number of hydrogen-bond donors (Lipinski definition) is 0. The van der Waals surface area contributed by atoms with Gasteiger partial charge >= 0.3 is 0 Å². The molecule has 2 heterocycles. The molecular formula is C16H31N3O. The zero-order valence-electron chi connectivity index (χ0n) is 13.7. The average Bonchev–Trinajstić information content (AvgIpc) is 2.89. The standard InChI is InChI=1S/C16H31N3O/c1-5-17-8-10-18(11-9-17)13-15(20)19-7-6-14(12-19)16(2,3)4/h14H,5-13H2,1-4H3. The number of carbonyl (C=O) groups is 1. The molecule has 4 heteroatoms. The van der Waals surface area contributed by atoms with Gasteiger partial charge in [0, 0.05) is 39.3 Å². The van der Waals surface area contributed by atoms with Gasteiger partial charge in [0.05, 0.1) is 6.54 Å². The Morgan fingerprint density at radius 2 is 1.65 bits per heavy atom. The minimum Gasteiger partial charge on any atom is -0.341 e. The topological polar surface area (TPSA) is 26.8 Å². The number of rotatable bonds is 3. The van der Waals surface area contributed by atoms with Crippen LogP contribution in [0.2, 0.25) is 0 Å². The van der Waals surface area contributed by atoms with E-state index in [4.69, 9.17) is 0 Å². The van der Waals surface area contributed by atoms with Crippen molar-refractivity contribution in [1.29, 1.82) is 0 Å². The number of nitrogens with zero attached hydrogens (tertiary/aromatic N) is 3. The van der Waals surface area contributed by atoms with Gasteiger partial charge in [-0.15, -0.1) is 0 Å². The maximum atomic E-state index is 12.4. The monoisotopic (exact) mass is 281 g/mol. The summed E-state index contributed by atoms with van der Waals surface area (Å²) in [7, 11) is 0. The van der Waals surface area contributed by atoms with Gasteiger partial charge in [0.25, 0.3) is 0 Å². The van der Waals surface area contributed by atoms with Crippen LogP contribution in [-0.4, -0.2) is 73.0 Å². The Hall–Kier alpha value is -0.610. The number of likely N-dealkylation sites (tertiary alicyclic amines) is 1. The van der Waals surface area contributed by atoms with Crippen molar-refractivity contribution in [3.8, 4) is 0 Å². The minimum atomic E-state index is 0.321. The third kappa shape index (κ3) is 3.95. The van der Waals surface area contributed by atoms with E-state index in [-0.39, 0.29) is 0 Å². The molecule has 0 aromatic heterocycles. The van der Waals surface area contributed by atoms with Crippen molar-refractivity contribution < 1.29 is 4.79 Å². The lowest BCUT2D eigenvalue weighted by molar-refractivity contribution is -0.132. The zero-order chi connectivity index (χ0) is 14.8. The Kier molecular flexibility index (Phi) is 5.08.